The molecule has 94 valence electrons. The van der Waals surface area contributed by atoms with Gasteiger partial charge in [-0.25, -0.2) is 4.98 Å². The van der Waals surface area contributed by atoms with Crippen LogP contribution in [0.25, 0.3) is 0 Å². The summed E-state index contributed by atoms with van der Waals surface area (Å²) in [6, 6.07) is 0. The third-order valence-electron chi connectivity index (χ3n) is 3.52. The number of nitrogens with two attached hydrogens (primary N) is 1. The van der Waals surface area contributed by atoms with Crippen LogP contribution in [0.15, 0.2) is 12.4 Å². The van der Waals surface area contributed by atoms with E-state index in [2.05, 4.69) is 21.8 Å². The van der Waals surface area contributed by atoms with Crippen LogP contribution in [0.4, 0.5) is 5.82 Å². The van der Waals surface area contributed by atoms with Gasteiger partial charge in [0.05, 0.1) is 11.9 Å². The molecule has 0 atom stereocenters. The summed E-state index contributed by atoms with van der Waals surface area (Å²) in [7, 11) is 0. The number of aromatic nitrogens is 2. The summed E-state index contributed by atoms with van der Waals surface area (Å²) in [4.78, 5) is 11.1. The molecule has 0 spiro atoms. The van der Waals surface area contributed by atoms with E-state index in [1.165, 1.54) is 25.7 Å². The molecule has 4 heteroatoms. The van der Waals surface area contributed by atoms with E-state index in [1.807, 2.05) is 6.20 Å². The van der Waals surface area contributed by atoms with E-state index in [-0.39, 0.29) is 0 Å². The van der Waals surface area contributed by atoms with E-state index in [1.54, 1.807) is 6.20 Å². The molecule has 0 saturated carbocycles. The van der Waals surface area contributed by atoms with Crippen LogP contribution >= 0.6 is 0 Å². The van der Waals surface area contributed by atoms with Gasteiger partial charge in [0.1, 0.15) is 5.82 Å². The fourth-order valence-corrected chi connectivity index (χ4v) is 2.50. The van der Waals surface area contributed by atoms with Crippen LogP contribution in [-0.4, -0.2) is 23.1 Å². The summed E-state index contributed by atoms with van der Waals surface area (Å²) in [6.07, 6.45) is 8.81. The number of hydrogen-bond acceptors (Lipinski definition) is 4. The lowest BCUT2D eigenvalue weighted by atomic mass is 9.92. The van der Waals surface area contributed by atoms with E-state index >= 15 is 0 Å². The van der Waals surface area contributed by atoms with Crippen molar-refractivity contribution in [2.24, 2.45) is 11.7 Å². The first-order chi connectivity index (χ1) is 8.33. The van der Waals surface area contributed by atoms with Gasteiger partial charge < -0.3 is 10.6 Å². The van der Waals surface area contributed by atoms with Crippen LogP contribution in [0.3, 0.4) is 0 Å². The van der Waals surface area contributed by atoms with Crippen molar-refractivity contribution >= 4 is 5.82 Å². The average Bonchev–Trinajstić information content (AvgIpc) is 2.40. The molecule has 1 aromatic heterocycles. The lowest BCUT2D eigenvalue weighted by Crippen LogP contribution is -2.34. The second-order valence-electron chi connectivity index (χ2n) is 4.79. The van der Waals surface area contributed by atoms with Crippen LogP contribution in [0.1, 0.15) is 38.3 Å². The second-order valence-corrected chi connectivity index (χ2v) is 4.79. The Labute approximate surface area is 103 Å². The standard InChI is InChI=1S/C13H22N4/c1-2-3-11-4-6-17(7-5-11)13-10-15-9-12(8-14)16-13/h9-11H,2-8,14H2,1H3. The smallest absolute Gasteiger partial charge is 0.147 e. The largest absolute Gasteiger partial charge is 0.355 e. The maximum absolute atomic E-state index is 5.59. The molecule has 1 aromatic rings. The van der Waals surface area contributed by atoms with Crippen LogP contribution in [-0.2, 0) is 6.54 Å². The zero-order chi connectivity index (χ0) is 12.1. The molecule has 1 saturated heterocycles. The molecule has 2 heterocycles. The fraction of sp³-hybridized carbons (Fsp3) is 0.692. The highest BCUT2D eigenvalue weighted by Gasteiger charge is 2.19. The molecule has 0 unspecified atom stereocenters. The summed E-state index contributed by atoms with van der Waals surface area (Å²) < 4.78 is 0. The third-order valence-corrected chi connectivity index (χ3v) is 3.52. The molecule has 2 rings (SSSR count). The Morgan fingerprint density at radius 2 is 2.12 bits per heavy atom. The predicted octanol–water partition coefficient (Wildman–Crippen LogP) is 1.95. The van der Waals surface area contributed by atoms with Gasteiger partial charge in [0, 0.05) is 25.8 Å². The molecule has 0 radical (unpaired) electrons. The van der Waals surface area contributed by atoms with E-state index in [0.29, 0.717) is 6.54 Å². The molecule has 4 nitrogen and oxygen atoms in total. The number of piperidine rings is 1. The predicted molar refractivity (Wildman–Crippen MR) is 69.8 cm³/mol. The topological polar surface area (TPSA) is 55.0 Å². The zero-order valence-electron chi connectivity index (χ0n) is 10.6. The van der Waals surface area contributed by atoms with Gasteiger partial charge in [0.15, 0.2) is 0 Å². The monoisotopic (exact) mass is 234 g/mol. The van der Waals surface area contributed by atoms with E-state index in [0.717, 1.165) is 30.5 Å². The van der Waals surface area contributed by atoms with Gasteiger partial charge in [-0.2, -0.15) is 0 Å². The first-order valence-corrected chi connectivity index (χ1v) is 6.59. The van der Waals surface area contributed by atoms with E-state index < -0.39 is 0 Å². The normalized spacial score (nSPS) is 17.4. The van der Waals surface area contributed by atoms with Gasteiger partial charge in [-0.05, 0) is 18.8 Å². The summed E-state index contributed by atoms with van der Waals surface area (Å²) >= 11 is 0. The number of rotatable bonds is 4. The second kappa shape index (κ2) is 5.96. The number of nitrogens with zero attached hydrogens (tertiary/aromatic N) is 3. The molecule has 0 bridgehead atoms. The Hall–Kier alpha value is -1.16. The highest BCUT2D eigenvalue weighted by Crippen LogP contribution is 2.24. The first kappa shape index (κ1) is 12.3. The van der Waals surface area contributed by atoms with Crippen molar-refractivity contribution in [2.45, 2.75) is 39.2 Å². The van der Waals surface area contributed by atoms with Crippen LogP contribution in [0.5, 0.6) is 0 Å². The molecular formula is C13H22N4. The summed E-state index contributed by atoms with van der Waals surface area (Å²) in [5.74, 6) is 1.89. The molecule has 1 aliphatic heterocycles. The average molecular weight is 234 g/mol. The van der Waals surface area contributed by atoms with Gasteiger partial charge in [-0.15, -0.1) is 0 Å². The van der Waals surface area contributed by atoms with E-state index in [9.17, 15) is 0 Å². The minimum atomic E-state index is 0.465. The molecule has 0 aromatic carbocycles. The van der Waals surface area contributed by atoms with Crippen molar-refractivity contribution in [2.75, 3.05) is 18.0 Å². The van der Waals surface area contributed by atoms with Gasteiger partial charge in [-0.3, -0.25) is 4.98 Å². The third kappa shape index (κ3) is 3.16. The Morgan fingerprint density at radius 3 is 2.76 bits per heavy atom. The summed E-state index contributed by atoms with van der Waals surface area (Å²) in [5.41, 5.74) is 6.46. The molecular weight excluding hydrogens is 212 g/mol. The number of hydrogen-bond donors (Lipinski definition) is 1. The Balaban J connectivity index is 1.95. The van der Waals surface area contributed by atoms with Crippen molar-refractivity contribution in [3.05, 3.63) is 18.1 Å². The van der Waals surface area contributed by atoms with Crippen molar-refractivity contribution in [1.82, 2.24) is 9.97 Å². The highest BCUT2D eigenvalue weighted by atomic mass is 15.2. The quantitative estimate of drug-likeness (QED) is 0.865. The fourth-order valence-electron chi connectivity index (χ4n) is 2.50. The Kier molecular flexibility index (Phi) is 4.31. The van der Waals surface area contributed by atoms with E-state index in [4.69, 9.17) is 5.73 Å². The van der Waals surface area contributed by atoms with Crippen molar-refractivity contribution in [3.8, 4) is 0 Å². The zero-order valence-corrected chi connectivity index (χ0v) is 10.6. The summed E-state index contributed by atoms with van der Waals surface area (Å²) in [6.45, 7) is 4.94. The van der Waals surface area contributed by atoms with Crippen LogP contribution in [0.2, 0.25) is 0 Å². The Morgan fingerprint density at radius 1 is 1.35 bits per heavy atom. The maximum Gasteiger partial charge on any atom is 0.147 e. The molecule has 1 fully saturated rings. The van der Waals surface area contributed by atoms with Crippen molar-refractivity contribution in [1.29, 1.82) is 0 Å². The molecule has 0 aliphatic carbocycles. The van der Waals surface area contributed by atoms with Gasteiger partial charge in [0.25, 0.3) is 0 Å². The van der Waals surface area contributed by atoms with Gasteiger partial charge >= 0.3 is 0 Å². The summed E-state index contributed by atoms with van der Waals surface area (Å²) in [5, 5.41) is 0. The van der Waals surface area contributed by atoms with Crippen LogP contribution in [0, 0.1) is 5.92 Å². The maximum atomic E-state index is 5.59. The first-order valence-electron chi connectivity index (χ1n) is 6.59. The molecule has 2 N–H and O–H groups in total. The number of anilines is 1. The lowest BCUT2D eigenvalue weighted by Gasteiger charge is -2.32. The molecule has 1 aliphatic rings. The minimum Gasteiger partial charge on any atom is -0.355 e. The molecule has 17 heavy (non-hydrogen) atoms. The minimum absolute atomic E-state index is 0.465. The Bertz CT molecular complexity index is 345. The van der Waals surface area contributed by atoms with Gasteiger partial charge in [-0.1, -0.05) is 19.8 Å². The lowest BCUT2D eigenvalue weighted by molar-refractivity contribution is 0.377. The van der Waals surface area contributed by atoms with Crippen molar-refractivity contribution in [3.63, 3.8) is 0 Å². The van der Waals surface area contributed by atoms with Crippen molar-refractivity contribution < 1.29 is 0 Å². The van der Waals surface area contributed by atoms with Crippen LogP contribution < -0.4 is 10.6 Å². The highest BCUT2D eigenvalue weighted by molar-refractivity contribution is 5.36. The SMILES string of the molecule is CCCC1CCN(c2cncc(CN)n2)CC1. The molecule has 0 amide bonds. The van der Waals surface area contributed by atoms with Gasteiger partial charge in [0.2, 0.25) is 0 Å².